The predicted octanol–water partition coefficient (Wildman–Crippen LogP) is 4.64. The average Bonchev–Trinajstić information content (AvgIpc) is 3.81. The Labute approximate surface area is 259 Å². The van der Waals surface area contributed by atoms with Gasteiger partial charge in [-0.15, -0.1) is 11.6 Å². The molecule has 2 fully saturated rings. The summed E-state index contributed by atoms with van der Waals surface area (Å²) in [6.07, 6.45) is 5.00. The Morgan fingerprint density at radius 3 is 2.41 bits per heavy atom. The standard InChI is InChI=1S/C33H32ClN5O5/c1-38-19-23(17-28(32(38)43)36-29-10-7-22(18-35-29)31(42)39-13-15-44-16-14-39)25-3-2-4-27(26(25)20-40)37-30(41)21-5-8-24(9-6-21)33(34)11-12-33/h2-10,17-19,40H,11-16,20H2,1H3,(H,35,36)(H,37,41). The molecule has 4 aromatic rings. The lowest BCUT2D eigenvalue weighted by atomic mass is 9.99. The smallest absolute Gasteiger partial charge is 0.274 e. The normalized spacial score (nSPS) is 15.5. The van der Waals surface area contributed by atoms with Gasteiger partial charge in [0.1, 0.15) is 11.5 Å². The van der Waals surface area contributed by atoms with Crippen molar-refractivity contribution in [1.29, 1.82) is 0 Å². The van der Waals surface area contributed by atoms with Crippen LogP contribution in [-0.2, 0) is 23.3 Å². The summed E-state index contributed by atoms with van der Waals surface area (Å²) in [6, 6.07) is 17.6. The van der Waals surface area contributed by atoms with E-state index in [-0.39, 0.29) is 34.5 Å². The number of aryl methyl sites for hydroxylation is 1. The van der Waals surface area contributed by atoms with Crippen LogP contribution in [0, 0.1) is 0 Å². The number of hydrogen-bond acceptors (Lipinski definition) is 7. The molecule has 0 radical (unpaired) electrons. The van der Waals surface area contributed by atoms with E-state index in [1.54, 1.807) is 60.6 Å². The lowest BCUT2D eigenvalue weighted by molar-refractivity contribution is 0.0302. The van der Waals surface area contributed by atoms with Crippen LogP contribution >= 0.6 is 11.6 Å². The van der Waals surface area contributed by atoms with Crippen molar-refractivity contribution in [3.05, 3.63) is 106 Å². The molecule has 6 rings (SSSR count). The van der Waals surface area contributed by atoms with Crippen LogP contribution in [0.2, 0.25) is 0 Å². The molecule has 2 aromatic heterocycles. The first-order valence-electron chi connectivity index (χ1n) is 14.4. The highest BCUT2D eigenvalue weighted by Gasteiger charge is 2.42. The molecule has 1 saturated heterocycles. The molecule has 10 nitrogen and oxygen atoms in total. The Hall–Kier alpha value is -4.51. The number of alkyl halides is 1. The summed E-state index contributed by atoms with van der Waals surface area (Å²) in [5, 5.41) is 16.4. The van der Waals surface area contributed by atoms with E-state index in [1.807, 2.05) is 18.2 Å². The number of amides is 2. The molecule has 0 spiro atoms. The van der Waals surface area contributed by atoms with E-state index in [0.717, 1.165) is 18.4 Å². The first-order valence-corrected chi connectivity index (χ1v) is 14.8. The zero-order valence-electron chi connectivity index (χ0n) is 24.2. The number of morpholine rings is 1. The zero-order chi connectivity index (χ0) is 30.8. The summed E-state index contributed by atoms with van der Waals surface area (Å²) < 4.78 is 6.75. The van der Waals surface area contributed by atoms with Crippen LogP contribution in [-0.4, -0.2) is 57.7 Å². The van der Waals surface area contributed by atoms with E-state index in [1.165, 1.54) is 10.8 Å². The number of halogens is 1. The molecule has 0 bridgehead atoms. The number of ether oxygens (including phenoxy) is 1. The minimum atomic E-state index is -0.342. The molecule has 11 heteroatoms. The molecule has 0 unspecified atom stereocenters. The third-order valence-electron chi connectivity index (χ3n) is 8.00. The quantitative estimate of drug-likeness (QED) is 0.247. The number of aromatic nitrogens is 2. The van der Waals surface area contributed by atoms with Crippen LogP contribution in [0.1, 0.15) is 44.7 Å². The minimum Gasteiger partial charge on any atom is -0.392 e. The van der Waals surface area contributed by atoms with Gasteiger partial charge >= 0.3 is 0 Å². The topological polar surface area (TPSA) is 126 Å². The Morgan fingerprint density at radius 2 is 1.75 bits per heavy atom. The molecule has 1 aliphatic heterocycles. The molecule has 3 N–H and O–H groups in total. The van der Waals surface area contributed by atoms with Crippen LogP contribution in [0.4, 0.5) is 17.2 Å². The summed E-state index contributed by atoms with van der Waals surface area (Å²) in [5.41, 5.74) is 4.16. The number of carbonyl (C=O) groups is 2. The van der Waals surface area contributed by atoms with Gasteiger partial charge in [-0.2, -0.15) is 0 Å². The number of hydrogen-bond donors (Lipinski definition) is 3. The second kappa shape index (κ2) is 12.2. The van der Waals surface area contributed by atoms with Gasteiger partial charge in [-0.3, -0.25) is 14.4 Å². The van der Waals surface area contributed by atoms with Gasteiger partial charge in [0.2, 0.25) is 0 Å². The zero-order valence-corrected chi connectivity index (χ0v) is 24.9. The molecule has 2 aliphatic rings. The fraction of sp³-hybridized carbons (Fsp3) is 0.273. The molecule has 0 atom stereocenters. The molecule has 2 amide bonds. The van der Waals surface area contributed by atoms with Crippen LogP contribution in [0.5, 0.6) is 0 Å². The number of nitrogens with zero attached hydrogens (tertiary/aromatic N) is 3. The lowest BCUT2D eigenvalue weighted by Gasteiger charge is -2.26. The van der Waals surface area contributed by atoms with Gasteiger partial charge < -0.3 is 29.9 Å². The Bertz CT molecular complexity index is 1760. The first-order chi connectivity index (χ1) is 21.3. The number of carbonyl (C=O) groups excluding carboxylic acids is 2. The minimum absolute atomic E-state index is 0.118. The summed E-state index contributed by atoms with van der Waals surface area (Å²) in [7, 11) is 1.63. The highest BCUT2D eigenvalue weighted by molar-refractivity contribution is 6.25. The van der Waals surface area contributed by atoms with Gasteiger partial charge in [-0.05, 0) is 60.4 Å². The van der Waals surface area contributed by atoms with Crippen LogP contribution < -0.4 is 16.2 Å². The molecular formula is C33H32ClN5O5. The van der Waals surface area contributed by atoms with E-state index in [0.29, 0.717) is 65.6 Å². The first kappa shape index (κ1) is 29.6. The molecule has 1 saturated carbocycles. The average molecular weight is 614 g/mol. The third kappa shape index (κ3) is 6.10. The molecule has 1 aliphatic carbocycles. The van der Waals surface area contributed by atoms with E-state index in [2.05, 4.69) is 15.6 Å². The van der Waals surface area contributed by atoms with Crippen LogP contribution in [0.25, 0.3) is 11.1 Å². The van der Waals surface area contributed by atoms with Crippen molar-refractivity contribution in [2.75, 3.05) is 36.9 Å². The molecule has 3 heterocycles. The van der Waals surface area contributed by atoms with Crippen molar-refractivity contribution < 1.29 is 19.4 Å². The number of rotatable bonds is 8. The number of benzene rings is 2. The third-order valence-corrected chi connectivity index (χ3v) is 8.60. The van der Waals surface area contributed by atoms with E-state index in [4.69, 9.17) is 16.3 Å². The second-order valence-electron chi connectivity index (χ2n) is 11.0. The van der Waals surface area contributed by atoms with Gasteiger partial charge in [0.05, 0.1) is 30.3 Å². The monoisotopic (exact) mass is 613 g/mol. The number of aliphatic hydroxyl groups is 1. The number of anilines is 3. The summed E-state index contributed by atoms with van der Waals surface area (Å²) >= 11 is 6.49. The van der Waals surface area contributed by atoms with Crippen molar-refractivity contribution in [2.24, 2.45) is 7.05 Å². The summed E-state index contributed by atoms with van der Waals surface area (Å²) in [4.78, 5) is 44.7. The van der Waals surface area contributed by atoms with Gasteiger partial charge in [0.15, 0.2) is 0 Å². The van der Waals surface area contributed by atoms with Crippen molar-refractivity contribution in [3.8, 4) is 11.1 Å². The summed E-state index contributed by atoms with van der Waals surface area (Å²) in [5.74, 6) is -0.0334. The van der Waals surface area contributed by atoms with E-state index < -0.39 is 0 Å². The van der Waals surface area contributed by atoms with Gasteiger partial charge in [0, 0.05) is 54.9 Å². The molecule has 2 aromatic carbocycles. The highest BCUT2D eigenvalue weighted by Crippen LogP contribution is 2.51. The van der Waals surface area contributed by atoms with Crippen LogP contribution in [0.15, 0.2) is 77.9 Å². The maximum Gasteiger partial charge on any atom is 0.274 e. The van der Waals surface area contributed by atoms with Crippen molar-refractivity contribution in [3.63, 3.8) is 0 Å². The van der Waals surface area contributed by atoms with Gasteiger partial charge in [0.25, 0.3) is 17.4 Å². The number of nitrogens with one attached hydrogen (secondary N) is 2. The van der Waals surface area contributed by atoms with E-state index >= 15 is 0 Å². The van der Waals surface area contributed by atoms with Crippen molar-refractivity contribution >= 4 is 40.6 Å². The predicted molar refractivity (Wildman–Crippen MR) is 168 cm³/mol. The fourth-order valence-corrected chi connectivity index (χ4v) is 5.51. The molecule has 44 heavy (non-hydrogen) atoms. The molecular weight excluding hydrogens is 582 g/mol. The number of aliphatic hydroxyl groups excluding tert-OH is 1. The van der Waals surface area contributed by atoms with Gasteiger partial charge in [-0.25, -0.2) is 4.98 Å². The SMILES string of the molecule is Cn1cc(-c2cccc(NC(=O)c3ccc(C4(Cl)CC4)cc3)c2CO)cc(Nc2ccc(C(=O)N3CCOCC3)cn2)c1=O. The Balaban J connectivity index is 1.23. The Morgan fingerprint density at radius 1 is 1.02 bits per heavy atom. The largest absolute Gasteiger partial charge is 0.392 e. The second-order valence-corrected chi connectivity index (χ2v) is 11.7. The van der Waals surface area contributed by atoms with Crippen LogP contribution in [0.3, 0.4) is 0 Å². The lowest BCUT2D eigenvalue weighted by Crippen LogP contribution is -2.40. The maximum atomic E-state index is 13.1. The van der Waals surface area contributed by atoms with Crippen molar-refractivity contribution in [2.45, 2.75) is 24.3 Å². The maximum absolute atomic E-state index is 13.1. The van der Waals surface area contributed by atoms with E-state index in [9.17, 15) is 19.5 Å². The Kier molecular flexibility index (Phi) is 8.22. The van der Waals surface area contributed by atoms with Crippen molar-refractivity contribution in [1.82, 2.24) is 14.5 Å². The summed E-state index contributed by atoms with van der Waals surface area (Å²) in [6.45, 7) is 1.74. The number of pyridine rings is 2. The molecule has 226 valence electrons. The fourth-order valence-electron chi connectivity index (χ4n) is 5.29. The highest BCUT2D eigenvalue weighted by atomic mass is 35.5. The van der Waals surface area contributed by atoms with Gasteiger partial charge in [-0.1, -0.05) is 24.3 Å².